The standard InChI is InChI=1S/C9H16N2O6S/c1-11(18(2,15)16)5-7(12)10-9(8(13)14)3-4-17-6-9/h3-6H2,1-2H3,(H,10,12)(H,13,14). The van der Waals surface area contributed by atoms with E-state index in [1.54, 1.807) is 0 Å². The van der Waals surface area contributed by atoms with Crippen LogP contribution in [-0.4, -0.2) is 68.3 Å². The fraction of sp³-hybridized carbons (Fsp3) is 0.778. The first kappa shape index (κ1) is 14.9. The maximum Gasteiger partial charge on any atom is 0.331 e. The summed E-state index contributed by atoms with van der Waals surface area (Å²) in [6, 6.07) is 0. The van der Waals surface area contributed by atoms with Gasteiger partial charge in [0.05, 0.1) is 19.4 Å². The number of ether oxygens (including phenoxy) is 1. The van der Waals surface area contributed by atoms with E-state index in [4.69, 9.17) is 9.84 Å². The van der Waals surface area contributed by atoms with Crippen molar-refractivity contribution in [2.45, 2.75) is 12.0 Å². The number of hydrogen-bond donors (Lipinski definition) is 2. The minimum Gasteiger partial charge on any atom is -0.479 e. The molecule has 1 amide bonds. The molecule has 1 aliphatic heterocycles. The average molecular weight is 280 g/mol. The maximum absolute atomic E-state index is 11.6. The van der Waals surface area contributed by atoms with E-state index < -0.39 is 34.0 Å². The van der Waals surface area contributed by atoms with Gasteiger partial charge in [0.25, 0.3) is 0 Å². The second kappa shape index (κ2) is 5.21. The molecule has 2 N–H and O–H groups in total. The summed E-state index contributed by atoms with van der Waals surface area (Å²) in [6.45, 7) is -0.293. The molecule has 9 heteroatoms. The Labute approximate surface area is 105 Å². The van der Waals surface area contributed by atoms with Gasteiger partial charge in [0.15, 0.2) is 5.54 Å². The lowest BCUT2D eigenvalue weighted by Crippen LogP contribution is -2.57. The molecule has 0 spiro atoms. The van der Waals surface area contributed by atoms with Gasteiger partial charge in [0.2, 0.25) is 15.9 Å². The number of amides is 1. The summed E-state index contributed by atoms with van der Waals surface area (Å²) >= 11 is 0. The summed E-state index contributed by atoms with van der Waals surface area (Å²) < 4.78 is 28.1. The molecule has 0 aromatic rings. The SMILES string of the molecule is CN(CC(=O)NC1(C(=O)O)CCOC1)S(C)(=O)=O. The van der Waals surface area contributed by atoms with Crippen LogP contribution >= 0.6 is 0 Å². The van der Waals surface area contributed by atoms with Gasteiger partial charge in [0.1, 0.15) is 0 Å². The van der Waals surface area contributed by atoms with Crippen LogP contribution in [0.4, 0.5) is 0 Å². The second-order valence-corrected chi connectivity index (χ2v) is 6.35. The van der Waals surface area contributed by atoms with E-state index in [0.29, 0.717) is 0 Å². The molecule has 104 valence electrons. The van der Waals surface area contributed by atoms with Crippen molar-refractivity contribution in [1.29, 1.82) is 0 Å². The van der Waals surface area contributed by atoms with Gasteiger partial charge in [0, 0.05) is 20.1 Å². The summed E-state index contributed by atoms with van der Waals surface area (Å²) in [5, 5.41) is 11.4. The van der Waals surface area contributed by atoms with Crippen LogP contribution in [0.25, 0.3) is 0 Å². The van der Waals surface area contributed by atoms with Crippen LogP contribution in [0, 0.1) is 0 Å². The van der Waals surface area contributed by atoms with E-state index in [2.05, 4.69) is 5.32 Å². The summed E-state index contributed by atoms with van der Waals surface area (Å²) in [5.74, 6) is -1.86. The Morgan fingerprint density at radius 3 is 2.50 bits per heavy atom. The van der Waals surface area contributed by atoms with Gasteiger partial charge < -0.3 is 15.2 Å². The van der Waals surface area contributed by atoms with Gasteiger partial charge in [-0.05, 0) is 0 Å². The number of nitrogens with one attached hydrogen (secondary N) is 1. The summed E-state index contributed by atoms with van der Waals surface area (Å²) in [5.41, 5.74) is -1.45. The van der Waals surface area contributed by atoms with Crippen molar-refractivity contribution in [3.8, 4) is 0 Å². The van der Waals surface area contributed by atoms with Crippen LogP contribution in [0.3, 0.4) is 0 Å². The number of carboxylic acid groups (broad SMARTS) is 1. The average Bonchev–Trinajstić information content (AvgIpc) is 2.65. The van der Waals surface area contributed by atoms with E-state index in [1.807, 2.05) is 0 Å². The number of likely N-dealkylation sites (N-methyl/N-ethyl adjacent to an activating group) is 1. The molecular formula is C9H16N2O6S. The summed E-state index contributed by atoms with van der Waals surface area (Å²) in [4.78, 5) is 22.7. The van der Waals surface area contributed by atoms with E-state index in [9.17, 15) is 18.0 Å². The Morgan fingerprint density at radius 2 is 2.11 bits per heavy atom. The molecule has 1 unspecified atom stereocenters. The molecule has 1 aliphatic rings. The van der Waals surface area contributed by atoms with Gasteiger partial charge in [-0.25, -0.2) is 13.2 Å². The van der Waals surface area contributed by atoms with Crippen LogP contribution in [0.1, 0.15) is 6.42 Å². The lowest BCUT2D eigenvalue weighted by Gasteiger charge is -2.24. The molecule has 0 bridgehead atoms. The van der Waals surface area contributed by atoms with Crippen LogP contribution < -0.4 is 5.32 Å². The van der Waals surface area contributed by atoms with Crippen molar-refractivity contribution in [2.75, 3.05) is 33.1 Å². The molecule has 1 rings (SSSR count). The number of sulfonamides is 1. The fourth-order valence-corrected chi connectivity index (χ4v) is 1.86. The molecule has 0 aromatic carbocycles. The highest BCUT2D eigenvalue weighted by atomic mass is 32.2. The van der Waals surface area contributed by atoms with Crippen molar-refractivity contribution in [3.63, 3.8) is 0 Å². The van der Waals surface area contributed by atoms with Crippen molar-refractivity contribution in [3.05, 3.63) is 0 Å². The topological polar surface area (TPSA) is 113 Å². The van der Waals surface area contributed by atoms with E-state index in [-0.39, 0.29) is 19.6 Å². The largest absolute Gasteiger partial charge is 0.479 e. The predicted molar refractivity (Wildman–Crippen MR) is 61.4 cm³/mol. The summed E-state index contributed by atoms with van der Waals surface area (Å²) in [6.07, 6.45) is 1.13. The van der Waals surface area contributed by atoms with Crippen LogP contribution in [-0.2, 0) is 24.3 Å². The van der Waals surface area contributed by atoms with Gasteiger partial charge in [-0.2, -0.15) is 4.31 Å². The molecule has 0 radical (unpaired) electrons. The van der Waals surface area contributed by atoms with E-state index >= 15 is 0 Å². The molecule has 8 nitrogen and oxygen atoms in total. The second-order valence-electron chi connectivity index (χ2n) is 4.26. The van der Waals surface area contributed by atoms with Gasteiger partial charge >= 0.3 is 5.97 Å². The Hall–Kier alpha value is -1.19. The number of hydrogen-bond acceptors (Lipinski definition) is 5. The zero-order valence-electron chi connectivity index (χ0n) is 10.2. The van der Waals surface area contributed by atoms with Crippen molar-refractivity contribution >= 4 is 21.9 Å². The van der Waals surface area contributed by atoms with Gasteiger partial charge in [-0.1, -0.05) is 0 Å². The molecular weight excluding hydrogens is 264 g/mol. The molecule has 1 saturated heterocycles. The number of carbonyl (C=O) groups excluding carboxylic acids is 1. The maximum atomic E-state index is 11.6. The van der Waals surface area contributed by atoms with E-state index in [1.165, 1.54) is 7.05 Å². The quantitative estimate of drug-likeness (QED) is 0.616. The number of carbonyl (C=O) groups is 2. The van der Waals surface area contributed by atoms with Crippen molar-refractivity contribution in [1.82, 2.24) is 9.62 Å². The Kier molecular flexibility index (Phi) is 4.30. The first-order chi connectivity index (χ1) is 8.17. The summed E-state index contributed by atoms with van der Waals surface area (Å²) in [7, 11) is -2.23. The monoisotopic (exact) mass is 280 g/mol. The Morgan fingerprint density at radius 1 is 1.50 bits per heavy atom. The number of nitrogens with zero attached hydrogens (tertiary/aromatic N) is 1. The fourth-order valence-electron chi connectivity index (χ4n) is 1.51. The lowest BCUT2D eigenvalue weighted by atomic mass is 9.99. The zero-order chi connectivity index (χ0) is 14.0. The number of aliphatic carboxylic acids is 1. The van der Waals surface area contributed by atoms with Crippen LogP contribution in [0.2, 0.25) is 0 Å². The van der Waals surface area contributed by atoms with Crippen molar-refractivity contribution < 1.29 is 27.9 Å². The van der Waals surface area contributed by atoms with Gasteiger partial charge in [-0.3, -0.25) is 4.79 Å². The van der Waals surface area contributed by atoms with E-state index in [0.717, 1.165) is 10.6 Å². The lowest BCUT2D eigenvalue weighted by molar-refractivity contribution is -0.147. The van der Waals surface area contributed by atoms with Crippen LogP contribution in [0.5, 0.6) is 0 Å². The first-order valence-corrected chi connectivity index (χ1v) is 7.06. The Balaban J connectivity index is 2.67. The number of carboxylic acids is 1. The molecule has 0 aliphatic carbocycles. The van der Waals surface area contributed by atoms with Gasteiger partial charge in [-0.15, -0.1) is 0 Å². The molecule has 18 heavy (non-hydrogen) atoms. The highest BCUT2D eigenvalue weighted by molar-refractivity contribution is 7.88. The molecule has 0 aromatic heterocycles. The molecule has 1 fully saturated rings. The smallest absolute Gasteiger partial charge is 0.331 e. The van der Waals surface area contributed by atoms with Crippen molar-refractivity contribution in [2.24, 2.45) is 0 Å². The normalized spacial score (nSPS) is 24.2. The minimum absolute atomic E-state index is 0.114. The Bertz CT molecular complexity index is 440. The number of rotatable bonds is 5. The molecule has 1 atom stereocenters. The predicted octanol–water partition coefficient (Wildman–Crippen LogP) is -1.76. The third-order valence-corrected chi connectivity index (χ3v) is 4.00. The molecule has 1 heterocycles. The minimum atomic E-state index is -3.48. The first-order valence-electron chi connectivity index (χ1n) is 5.21. The third kappa shape index (κ3) is 3.40. The highest BCUT2D eigenvalue weighted by Gasteiger charge is 2.44. The zero-order valence-corrected chi connectivity index (χ0v) is 11.0. The van der Waals surface area contributed by atoms with Crippen LogP contribution in [0.15, 0.2) is 0 Å². The highest BCUT2D eigenvalue weighted by Crippen LogP contribution is 2.18. The third-order valence-electron chi connectivity index (χ3n) is 2.74. The molecule has 0 saturated carbocycles.